The van der Waals surface area contributed by atoms with Crippen LogP contribution in [0.1, 0.15) is 0 Å². The molecule has 0 N–H and O–H groups in total. The molecule has 48 valence electrons. The van der Waals surface area contributed by atoms with E-state index < -0.39 is 0 Å². The van der Waals surface area contributed by atoms with Gasteiger partial charge in [-0.05, 0) is 12.2 Å². The fraction of sp³-hybridized carbons (Fsp3) is 0.167. The maximum atomic E-state index is 10.1. The lowest BCUT2D eigenvalue weighted by molar-refractivity contribution is -0.118. The molecule has 0 bridgehead atoms. The third-order valence-corrected chi connectivity index (χ3v) is 0.922. The SMILES string of the molecule is O=CN1C=CC=COC1. The molecule has 3 nitrogen and oxygen atoms in total. The minimum atomic E-state index is 0.302. The van der Waals surface area contributed by atoms with Gasteiger partial charge < -0.3 is 4.74 Å². The van der Waals surface area contributed by atoms with Crippen LogP contribution in [0.2, 0.25) is 0 Å². The van der Waals surface area contributed by atoms with Gasteiger partial charge in [0.05, 0.1) is 6.26 Å². The van der Waals surface area contributed by atoms with Crippen LogP contribution < -0.4 is 0 Å². The minimum absolute atomic E-state index is 0.302. The number of carbonyl (C=O) groups is 1. The van der Waals surface area contributed by atoms with E-state index in [1.165, 1.54) is 4.90 Å². The summed E-state index contributed by atoms with van der Waals surface area (Å²) in [7, 11) is 0. The summed E-state index contributed by atoms with van der Waals surface area (Å²) in [4.78, 5) is 11.5. The average molecular weight is 125 g/mol. The number of carbonyl (C=O) groups excluding carboxylic acids is 1. The van der Waals surface area contributed by atoms with Crippen LogP contribution in [0.4, 0.5) is 0 Å². The summed E-state index contributed by atoms with van der Waals surface area (Å²) < 4.78 is 4.85. The molecule has 3 heteroatoms. The summed E-state index contributed by atoms with van der Waals surface area (Å²) in [5.41, 5.74) is 0. The van der Waals surface area contributed by atoms with Gasteiger partial charge in [-0.3, -0.25) is 9.69 Å². The first kappa shape index (κ1) is 5.88. The van der Waals surface area contributed by atoms with Crippen molar-refractivity contribution in [1.29, 1.82) is 0 Å². The number of allylic oxidation sites excluding steroid dienone is 2. The Hall–Kier alpha value is -1.25. The molecule has 1 amide bonds. The topological polar surface area (TPSA) is 29.5 Å². The van der Waals surface area contributed by atoms with Crippen LogP contribution in [0.15, 0.2) is 24.6 Å². The molecule has 1 aliphatic rings. The highest BCUT2D eigenvalue weighted by molar-refractivity contribution is 5.48. The van der Waals surface area contributed by atoms with Gasteiger partial charge in [-0.1, -0.05) is 0 Å². The summed E-state index contributed by atoms with van der Waals surface area (Å²) in [6.45, 7) is 0.302. The van der Waals surface area contributed by atoms with E-state index in [-0.39, 0.29) is 0 Å². The van der Waals surface area contributed by atoms with Crippen molar-refractivity contribution >= 4 is 6.41 Å². The van der Waals surface area contributed by atoms with Gasteiger partial charge >= 0.3 is 0 Å². The van der Waals surface area contributed by atoms with Crippen LogP contribution in [0.25, 0.3) is 0 Å². The van der Waals surface area contributed by atoms with E-state index in [2.05, 4.69) is 0 Å². The van der Waals surface area contributed by atoms with E-state index in [0.29, 0.717) is 13.1 Å². The van der Waals surface area contributed by atoms with Crippen molar-refractivity contribution < 1.29 is 9.53 Å². The fourth-order valence-corrected chi connectivity index (χ4v) is 0.499. The second kappa shape index (κ2) is 2.91. The number of amides is 1. The largest absolute Gasteiger partial charge is 0.480 e. The standard InChI is InChI=1S/C6H7NO2/c8-5-7-3-1-2-4-9-6-7/h1-5H,6H2. The van der Waals surface area contributed by atoms with Crippen LogP contribution in [0, 0.1) is 0 Å². The van der Waals surface area contributed by atoms with Crippen molar-refractivity contribution in [2.45, 2.75) is 0 Å². The van der Waals surface area contributed by atoms with Crippen molar-refractivity contribution in [3.8, 4) is 0 Å². The quantitative estimate of drug-likeness (QED) is 0.476. The molecule has 0 saturated heterocycles. The van der Waals surface area contributed by atoms with Crippen molar-refractivity contribution in [2.24, 2.45) is 0 Å². The molecule has 1 rings (SSSR count). The van der Waals surface area contributed by atoms with E-state index in [1.54, 1.807) is 24.6 Å². The first-order chi connectivity index (χ1) is 4.43. The van der Waals surface area contributed by atoms with Gasteiger partial charge in [-0.2, -0.15) is 0 Å². The van der Waals surface area contributed by atoms with Crippen molar-refractivity contribution in [3.05, 3.63) is 24.6 Å². The Bertz CT molecular complexity index is 151. The molecule has 1 aliphatic heterocycles. The molecule has 0 radical (unpaired) electrons. The molecule has 0 fully saturated rings. The summed E-state index contributed by atoms with van der Waals surface area (Å²) in [5.74, 6) is 0. The Kier molecular flexibility index (Phi) is 1.90. The lowest BCUT2D eigenvalue weighted by Crippen LogP contribution is -2.15. The highest BCUT2D eigenvalue weighted by Gasteiger charge is 1.94. The predicted molar refractivity (Wildman–Crippen MR) is 32.1 cm³/mol. The molecule has 1 heterocycles. The smallest absolute Gasteiger partial charge is 0.216 e. The normalized spacial score (nSPS) is 16.7. The summed E-state index contributed by atoms with van der Waals surface area (Å²) in [6.07, 6.45) is 7.37. The molecule has 0 aromatic carbocycles. The zero-order chi connectivity index (χ0) is 6.53. The Morgan fingerprint density at radius 1 is 1.56 bits per heavy atom. The average Bonchev–Trinajstić information content (AvgIpc) is 2.13. The monoisotopic (exact) mass is 125 g/mol. The molecule has 0 atom stereocenters. The van der Waals surface area contributed by atoms with Crippen molar-refractivity contribution in [2.75, 3.05) is 6.73 Å². The summed E-state index contributed by atoms with van der Waals surface area (Å²) in [6, 6.07) is 0. The van der Waals surface area contributed by atoms with Crippen LogP contribution in [0.5, 0.6) is 0 Å². The lowest BCUT2D eigenvalue weighted by Gasteiger charge is -2.07. The minimum Gasteiger partial charge on any atom is -0.480 e. The molecule has 0 saturated carbocycles. The first-order valence-corrected chi connectivity index (χ1v) is 2.59. The zero-order valence-corrected chi connectivity index (χ0v) is 4.86. The fourth-order valence-electron chi connectivity index (χ4n) is 0.499. The summed E-state index contributed by atoms with van der Waals surface area (Å²) >= 11 is 0. The number of rotatable bonds is 1. The van der Waals surface area contributed by atoms with Crippen molar-refractivity contribution in [3.63, 3.8) is 0 Å². The third-order valence-electron chi connectivity index (χ3n) is 0.922. The number of nitrogens with zero attached hydrogens (tertiary/aromatic N) is 1. The lowest BCUT2D eigenvalue weighted by atomic mass is 10.6. The van der Waals surface area contributed by atoms with Gasteiger partial charge in [-0.25, -0.2) is 0 Å². The Morgan fingerprint density at radius 3 is 3.22 bits per heavy atom. The van der Waals surface area contributed by atoms with E-state index >= 15 is 0 Å². The number of hydrogen-bond acceptors (Lipinski definition) is 2. The second-order valence-corrected chi connectivity index (χ2v) is 1.59. The van der Waals surface area contributed by atoms with E-state index in [1.807, 2.05) is 0 Å². The van der Waals surface area contributed by atoms with Crippen molar-refractivity contribution in [1.82, 2.24) is 4.90 Å². The van der Waals surface area contributed by atoms with Gasteiger partial charge in [0.15, 0.2) is 6.73 Å². The number of ether oxygens (including phenoxy) is 1. The maximum Gasteiger partial charge on any atom is 0.216 e. The predicted octanol–water partition coefficient (Wildman–Crippen LogP) is 0.460. The van der Waals surface area contributed by atoms with E-state index in [9.17, 15) is 4.79 Å². The van der Waals surface area contributed by atoms with Crippen LogP contribution >= 0.6 is 0 Å². The third kappa shape index (κ3) is 1.60. The highest BCUT2D eigenvalue weighted by Crippen LogP contribution is 1.92. The second-order valence-electron chi connectivity index (χ2n) is 1.59. The molecular formula is C6H7NO2. The van der Waals surface area contributed by atoms with Gasteiger partial charge in [0.2, 0.25) is 6.41 Å². The molecule has 0 spiro atoms. The Labute approximate surface area is 53.2 Å². The van der Waals surface area contributed by atoms with Crippen LogP contribution in [-0.2, 0) is 9.53 Å². The van der Waals surface area contributed by atoms with Gasteiger partial charge in [-0.15, -0.1) is 0 Å². The molecule has 9 heavy (non-hydrogen) atoms. The van der Waals surface area contributed by atoms with Gasteiger partial charge in [0, 0.05) is 6.20 Å². The molecule has 0 aromatic rings. The highest BCUT2D eigenvalue weighted by atomic mass is 16.5. The summed E-state index contributed by atoms with van der Waals surface area (Å²) in [5, 5.41) is 0. The molecular weight excluding hydrogens is 118 g/mol. The van der Waals surface area contributed by atoms with Gasteiger partial charge in [0.1, 0.15) is 0 Å². The molecule has 0 unspecified atom stereocenters. The van der Waals surface area contributed by atoms with Crippen LogP contribution in [-0.4, -0.2) is 18.0 Å². The number of hydrogen-bond donors (Lipinski definition) is 0. The van der Waals surface area contributed by atoms with Crippen LogP contribution in [0.3, 0.4) is 0 Å². The van der Waals surface area contributed by atoms with Gasteiger partial charge in [0.25, 0.3) is 0 Å². The zero-order valence-electron chi connectivity index (χ0n) is 4.86. The Morgan fingerprint density at radius 2 is 2.44 bits per heavy atom. The van der Waals surface area contributed by atoms with E-state index in [0.717, 1.165) is 0 Å². The molecule has 0 aromatic heterocycles. The maximum absolute atomic E-state index is 10.1. The molecule has 0 aliphatic carbocycles. The van der Waals surface area contributed by atoms with E-state index in [4.69, 9.17) is 4.74 Å². The Balaban J connectivity index is 2.50. The first-order valence-electron chi connectivity index (χ1n) is 2.59.